The van der Waals surface area contributed by atoms with Crippen LogP contribution >= 0.6 is 0 Å². The van der Waals surface area contributed by atoms with Gasteiger partial charge >= 0.3 is 0 Å². The fourth-order valence-corrected chi connectivity index (χ4v) is 8.12. The molecule has 9 atom stereocenters. The van der Waals surface area contributed by atoms with Crippen molar-refractivity contribution >= 4 is 0 Å². The SMILES string of the molecule is C[C@H](O)[C@H]1CC[C@]2(N)[C@@H]3CC[C@H]4C[C@@H](O)CC[C@]4(C)[C@H]3CC[C@]12C. The van der Waals surface area contributed by atoms with Crippen LogP contribution in [0, 0.1) is 34.5 Å². The van der Waals surface area contributed by atoms with E-state index in [4.69, 9.17) is 5.73 Å². The highest BCUT2D eigenvalue weighted by molar-refractivity contribution is 5.19. The van der Waals surface area contributed by atoms with Crippen molar-refractivity contribution in [3.05, 3.63) is 0 Å². The van der Waals surface area contributed by atoms with Gasteiger partial charge in [0, 0.05) is 5.54 Å². The molecule has 3 nitrogen and oxygen atoms in total. The minimum absolute atomic E-state index is 0.0774. The molecule has 4 aliphatic carbocycles. The first-order valence-corrected chi connectivity index (χ1v) is 10.4. The van der Waals surface area contributed by atoms with Crippen LogP contribution in [-0.2, 0) is 0 Å². The van der Waals surface area contributed by atoms with Crippen molar-refractivity contribution in [2.45, 2.75) is 96.3 Å². The quantitative estimate of drug-likeness (QED) is 0.687. The van der Waals surface area contributed by atoms with Crippen LogP contribution in [0.25, 0.3) is 0 Å². The summed E-state index contributed by atoms with van der Waals surface area (Å²) in [5.74, 6) is 2.37. The topological polar surface area (TPSA) is 66.5 Å². The molecule has 4 rings (SSSR count). The van der Waals surface area contributed by atoms with Crippen molar-refractivity contribution in [2.75, 3.05) is 0 Å². The van der Waals surface area contributed by atoms with Gasteiger partial charge in [-0.2, -0.15) is 0 Å². The van der Waals surface area contributed by atoms with Crippen LogP contribution in [0.4, 0.5) is 0 Å². The summed E-state index contributed by atoms with van der Waals surface area (Å²) >= 11 is 0. The van der Waals surface area contributed by atoms with Gasteiger partial charge in [0.1, 0.15) is 0 Å². The van der Waals surface area contributed by atoms with Crippen LogP contribution in [-0.4, -0.2) is 28.0 Å². The largest absolute Gasteiger partial charge is 0.393 e. The number of nitrogens with two attached hydrogens (primary N) is 1. The summed E-state index contributed by atoms with van der Waals surface area (Å²) < 4.78 is 0. The van der Waals surface area contributed by atoms with E-state index in [2.05, 4.69) is 13.8 Å². The maximum atomic E-state index is 10.4. The van der Waals surface area contributed by atoms with Crippen molar-refractivity contribution in [3.8, 4) is 0 Å². The molecule has 0 heterocycles. The van der Waals surface area contributed by atoms with Gasteiger partial charge in [0.25, 0.3) is 0 Å². The van der Waals surface area contributed by atoms with Crippen LogP contribution in [0.1, 0.15) is 78.6 Å². The van der Waals surface area contributed by atoms with Gasteiger partial charge in [-0.25, -0.2) is 0 Å². The van der Waals surface area contributed by atoms with Gasteiger partial charge in [0.05, 0.1) is 12.2 Å². The molecule has 4 aliphatic rings. The van der Waals surface area contributed by atoms with Crippen molar-refractivity contribution in [1.82, 2.24) is 0 Å². The monoisotopic (exact) mass is 335 g/mol. The lowest BCUT2D eigenvalue weighted by Crippen LogP contribution is -2.66. The lowest BCUT2D eigenvalue weighted by molar-refractivity contribution is -0.141. The Hall–Kier alpha value is -0.120. The minimum atomic E-state index is -0.242. The zero-order valence-corrected chi connectivity index (χ0v) is 15.8. The van der Waals surface area contributed by atoms with Crippen LogP contribution < -0.4 is 5.73 Å². The Kier molecular flexibility index (Phi) is 3.92. The third-order valence-electron chi connectivity index (χ3n) is 9.63. The highest BCUT2D eigenvalue weighted by atomic mass is 16.3. The lowest BCUT2D eigenvalue weighted by atomic mass is 9.42. The summed E-state index contributed by atoms with van der Waals surface area (Å²) in [6, 6.07) is 0. The molecule has 0 aliphatic heterocycles. The van der Waals surface area contributed by atoms with Gasteiger partial charge in [-0.3, -0.25) is 0 Å². The van der Waals surface area contributed by atoms with Crippen LogP contribution in [0.2, 0.25) is 0 Å². The third-order valence-corrected chi connectivity index (χ3v) is 9.63. The van der Waals surface area contributed by atoms with Gasteiger partial charge in [-0.05, 0) is 99.2 Å². The summed E-state index contributed by atoms with van der Waals surface area (Å²) in [5, 5.41) is 20.5. The number of fused-ring (bicyclic) bond motifs is 5. The number of aliphatic hydroxyl groups excluding tert-OH is 2. The van der Waals surface area contributed by atoms with Crippen molar-refractivity contribution < 1.29 is 10.2 Å². The van der Waals surface area contributed by atoms with Crippen molar-refractivity contribution in [2.24, 2.45) is 40.2 Å². The van der Waals surface area contributed by atoms with Gasteiger partial charge in [0.15, 0.2) is 0 Å². The minimum Gasteiger partial charge on any atom is -0.393 e. The molecular formula is C21H37NO2. The molecule has 0 spiro atoms. The molecule has 4 saturated carbocycles. The normalized spacial score (nSPS) is 58.5. The number of rotatable bonds is 1. The molecule has 4 N–H and O–H groups in total. The number of aliphatic hydroxyl groups is 2. The number of hydrogen-bond donors (Lipinski definition) is 3. The highest BCUT2D eigenvalue weighted by Gasteiger charge is 2.66. The second kappa shape index (κ2) is 5.44. The zero-order chi connectivity index (χ0) is 17.3. The molecule has 0 bridgehead atoms. The van der Waals surface area contributed by atoms with E-state index < -0.39 is 0 Å². The zero-order valence-electron chi connectivity index (χ0n) is 15.8. The van der Waals surface area contributed by atoms with Crippen molar-refractivity contribution in [1.29, 1.82) is 0 Å². The van der Waals surface area contributed by atoms with Gasteiger partial charge < -0.3 is 15.9 Å². The van der Waals surface area contributed by atoms with Gasteiger partial charge in [-0.1, -0.05) is 13.8 Å². The molecule has 0 radical (unpaired) electrons. The fraction of sp³-hybridized carbons (Fsp3) is 1.00. The predicted molar refractivity (Wildman–Crippen MR) is 96.3 cm³/mol. The molecule has 0 aromatic rings. The Morgan fingerprint density at radius 1 is 0.958 bits per heavy atom. The molecule has 4 fully saturated rings. The maximum Gasteiger partial charge on any atom is 0.0546 e. The van der Waals surface area contributed by atoms with Crippen LogP contribution in [0.5, 0.6) is 0 Å². The average Bonchev–Trinajstić information content (AvgIpc) is 2.80. The summed E-state index contributed by atoms with van der Waals surface area (Å²) in [7, 11) is 0. The smallest absolute Gasteiger partial charge is 0.0546 e. The first-order valence-electron chi connectivity index (χ1n) is 10.4. The first kappa shape index (κ1) is 17.3. The second-order valence-corrected chi connectivity index (χ2v) is 10.3. The van der Waals surface area contributed by atoms with Crippen molar-refractivity contribution in [3.63, 3.8) is 0 Å². The number of hydrogen-bond acceptors (Lipinski definition) is 3. The van der Waals surface area contributed by atoms with E-state index in [1.54, 1.807) is 0 Å². The Bertz CT molecular complexity index is 508. The van der Waals surface area contributed by atoms with E-state index in [1.807, 2.05) is 6.92 Å². The Morgan fingerprint density at radius 2 is 1.71 bits per heavy atom. The first-order chi connectivity index (χ1) is 11.2. The highest BCUT2D eigenvalue weighted by Crippen LogP contribution is 2.68. The maximum absolute atomic E-state index is 10.4. The van der Waals surface area contributed by atoms with E-state index in [0.29, 0.717) is 23.2 Å². The summed E-state index contributed by atoms with van der Waals surface area (Å²) in [6.45, 7) is 6.86. The van der Waals surface area contributed by atoms with Crippen LogP contribution in [0.15, 0.2) is 0 Å². The third kappa shape index (κ3) is 2.07. The standard InChI is InChI=1S/C21H37NO2/c1-13(23)16-8-11-21(22)18-5-4-14-12-15(24)6-9-19(14,2)17(18)7-10-20(16,21)3/h13-18,23-24H,4-12,22H2,1-3H3/t13-,14-,15-,16+,17-,18+,19-,20+,21-/m0/s1. The van der Waals surface area contributed by atoms with E-state index in [1.165, 1.54) is 32.1 Å². The van der Waals surface area contributed by atoms with Gasteiger partial charge in [-0.15, -0.1) is 0 Å². The fourth-order valence-electron chi connectivity index (χ4n) is 8.12. The van der Waals surface area contributed by atoms with E-state index in [-0.39, 0.29) is 23.2 Å². The summed E-state index contributed by atoms with van der Waals surface area (Å²) in [5.41, 5.74) is 7.60. The molecule has 0 aromatic heterocycles. The molecule has 138 valence electrons. The van der Waals surface area contributed by atoms with Crippen LogP contribution in [0.3, 0.4) is 0 Å². The van der Waals surface area contributed by atoms with E-state index in [9.17, 15) is 10.2 Å². The molecule has 3 heteroatoms. The molecular weight excluding hydrogens is 298 g/mol. The summed E-state index contributed by atoms with van der Waals surface area (Å²) in [6.07, 6.45) is 9.92. The van der Waals surface area contributed by atoms with E-state index >= 15 is 0 Å². The molecule has 24 heavy (non-hydrogen) atoms. The Morgan fingerprint density at radius 3 is 2.42 bits per heavy atom. The Labute approximate surface area is 147 Å². The Balaban J connectivity index is 1.66. The second-order valence-electron chi connectivity index (χ2n) is 10.3. The van der Waals surface area contributed by atoms with E-state index in [0.717, 1.165) is 31.6 Å². The molecule has 0 amide bonds. The summed E-state index contributed by atoms with van der Waals surface area (Å²) in [4.78, 5) is 0. The predicted octanol–water partition coefficient (Wildman–Crippen LogP) is 3.47. The molecule has 0 saturated heterocycles. The van der Waals surface area contributed by atoms with Gasteiger partial charge in [0.2, 0.25) is 0 Å². The average molecular weight is 336 g/mol. The molecule has 0 aromatic carbocycles. The molecule has 0 unspecified atom stereocenters. The lowest BCUT2D eigenvalue weighted by Gasteiger charge is -2.64.